The summed E-state index contributed by atoms with van der Waals surface area (Å²) in [7, 11) is 0. The van der Waals surface area contributed by atoms with Gasteiger partial charge in [0.15, 0.2) is 0 Å². The third kappa shape index (κ3) is 2.64. The molecular weight excluding hydrogens is 294 g/mol. The van der Waals surface area contributed by atoms with Gasteiger partial charge in [0, 0.05) is 12.4 Å². The number of rotatable bonds is 3. The molecule has 6 heteroatoms. The number of pyridine rings is 2. The van der Waals surface area contributed by atoms with Crippen LogP contribution in [-0.2, 0) is 6.54 Å². The van der Waals surface area contributed by atoms with Crippen LogP contribution in [0.5, 0.6) is 0 Å². The molecule has 0 saturated heterocycles. The maximum atomic E-state index is 12.1. The molecule has 20 heavy (non-hydrogen) atoms. The van der Waals surface area contributed by atoms with Gasteiger partial charge >= 0.3 is 0 Å². The minimum Gasteiger partial charge on any atom is -0.346 e. The molecule has 1 N–H and O–H groups in total. The number of nitrogens with one attached hydrogen (secondary N) is 1. The van der Waals surface area contributed by atoms with Gasteiger partial charge in [0.25, 0.3) is 5.91 Å². The van der Waals surface area contributed by atoms with Crippen LogP contribution >= 0.6 is 22.9 Å². The second-order valence-electron chi connectivity index (χ2n) is 4.12. The van der Waals surface area contributed by atoms with Gasteiger partial charge in [-0.2, -0.15) is 0 Å². The molecule has 0 unspecified atom stereocenters. The average Bonchev–Trinajstić information content (AvgIpc) is 2.91. The van der Waals surface area contributed by atoms with Crippen molar-refractivity contribution in [2.75, 3.05) is 0 Å². The van der Waals surface area contributed by atoms with Crippen LogP contribution in [0.25, 0.3) is 10.2 Å². The zero-order valence-electron chi connectivity index (χ0n) is 10.3. The summed E-state index contributed by atoms with van der Waals surface area (Å²) in [5, 5.41) is 3.45. The Balaban J connectivity index is 1.77. The Labute approximate surface area is 124 Å². The van der Waals surface area contributed by atoms with Crippen LogP contribution in [0.2, 0.25) is 5.02 Å². The lowest BCUT2D eigenvalue weighted by Gasteiger charge is -2.02. The molecule has 3 rings (SSSR count). The second-order valence-corrected chi connectivity index (χ2v) is 5.58. The summed E-state index contributed by atoms with van der Waals surface area (Å²) < 4.78 is 0.831. The third-order valence-electron chi connectivity index (χ3n) is 2.74. The fourth-order valence-electron chi connectivity index (χ4n) is 1.78. The van der Waals surface area contributed by atoms with E-state index in [4.69, 9.17) is 11.6 Å². The Morgan fingerprint density at radius 1 is 1.25 bits per heavy atom. The van der Waals surface area contributed by atoms with Crippen LogP contribution in [0, 0.1) is 0 Å². The van der Waals surface area contributed by atoms with Crippen LogP contribution in [0.4, 0.5) is 0 Å². The molecule has 3 aromatic heterocycles. The second kappa shape index (κ2) is 5.56. The van der Waals surface area contributed by atoms with Crippen LogP contribution in [0.3, 0.4) is 0 Å². The Kier molecular flexibility index (Phi) is 3.62. The number of carbonyl (C=O) groups is 1. The predicted octanol–water partition coefficient (Wildman–Crippen LogP) is 3.27. The fourth-order valence-corrected chi connectivity index (χ4v) is 2.99. The Hall–Kier alpha value is -1.98. The van der Waals surface area contributed by atoms with Gasteiger partial charge in [-0.1, -0.05) is 17.7 Å². The van der Waals surface area contributed by atoms with E-state index in [1.54, 1.807) is 24.5 Å². The molecule has 3 aromatic rings. The van der Waals surface area contributed by atoms with Gasteiger partial charge in [-0.25, -0.2) is 0 Å². The lowest BCUT2D eigenvalue weighted by molar-refractivity contribution is 0.0954. The number of hydrogen-bond acceptors (Lipinski definition) is 4. The molecule has 0 atom stereocenters. The summed E-state index contributed by atoms with van der Waals surface area (Å²) in [4.78, 5) is 21.0. The molecule has 3 heterocycles. The van der Waals surface area contributed by atoms with Gasteiger partial charge in [0.05, 0.1) is 32.4 Å². The standard InChI is InChI=1S/C14H10ClN3OS/c15-10-4-6-17-11-7-12(20-13(10)11)14(19)18-8-9-3-1-2-5-16-9/h1-7H,8H2,(H,18,19). The monoisotopic (exact) mass is 303 g/mol. The number of aromatic nitrogens is 2. The van der Waals surface area contributed by atoms with Crippen molar-refractivity contribution in [3.63, 3.8) is 0 Å². The van der Waals surface area contributed by atoms with E-state index in [2.05, 4.69) is 15.3 Å². The van der Waals surface area contributed by atoms with Gasteiger partial charge < -0.3 is 5.32 Å². The highest BCUT2D eigenvalue weighted by Gasteiger charge is 2.12. The molecule has 0 bridgehead atoms. The van der Waals surface area contributed by atoms with Crippen molar-refractivity contribution in [3.8, 4) is 0 Å². The average molecular weight is 304 g/mol. The van der Waals surface area contributed by atoms with Gasteiger partial charge in [0.2, 0.25) is 0 Å². The lowest BCUT2D eigenvalue weighted by atomic mass is 10.3. The maximum absolute atomic E-state index is 12.1. The summed E-state index contributed by atoms with van der Waals surface area (Å²) >= 11 is 7.42. The van der Waals surface area contributed by atoms with Crippen LogP contribution in [0.15, 0.2) is 42.7 Å². The van der Waals surface area contributed by atoms with E-state index in [0.717, 1.165) is 15.9 Å². The first kappa shape index (κ1) is 13.0. The summed E-state index contributed by atoms with van der Waals surface area (Å²) in [6, 6.07) is 9.06. The Bertz CT molecular complexity index is 757. The van der Waals surface area contributed by atoms with Crippen LogP contribution in [0.1, 0.15) is 15.4 Å². The van der Waals surface area contributed by atoms with E-state index < -0.39 is 0 Å². The van der Waals surface area contributed by atoms with Crippen molar-refractivity contribution < 1.29 is 4.79 Å². The molecule has 0 aliphatic heterocycles. The highest BCUT2D eigenvalue weighted by molar-refractivity contribution is 7.21. The van der Waals surface area contributed by atoms with Gasteiger partial charge in [0.1, 0.15) is 0 Å². The number of nitrogens with zero attached hydrogens (tertiary/aromatic N) is 2. The predicted molar refractivity (Wildman–Crippen MR) is 80.0 cm³/mol. The minimum absolute atomic E-state index is 0.144. The molecular formula is C14H10ClN3OS. The number of carbonyl (C=O) groups excluding carboxylic acids is 1. The number of halogens is 1. The minimum atomic E-state index is -0.144. The van der Waals surface area contributed by atoms with E-state index in [9.17, 15) is 4.79 Å². The van der Waals surface area contributed by atoms with E-state index in [0.29, 0.717) is 16.4 Å². The van der Waals surface area contributed by atoms with Crippen molar-refractivity contribution in [2.45, 2.75) is 6.54 Å². The maximum Gasteiger partial charge on any atom is 0.261 e. The first-order chi connectivity index (χ1) is 9.74. The zero-order valence-corrected chi connectivity index (χ0v) is 11.9. The first-order valence-electron chi connectivity index (χ1n) is 5.96. The normalized spacial score (nSPS) is 10.7. The molecule has 0 saturated carbocycles. The zero-order chi connectivity index (χ0) is 13.9. The third-order valence-corrected chi connectivity index (χ3v) is 4.33. The van der Waals surface area contributed by atoms with Crippen molar-refractivity contribution in [1.29, 1.82) is 0 Å². The van der Waals surface area contributed by atoms with Crippen molar-refractivity contribution in [2.24, 2.45) is 0 Å². The molecule has 0 spiro atoms. The van der Waals surface area contributed by atoms with E-state index in [1.807, 2.05) is 18.2 Å². The molecule has 4 nitrogen and oxygen atoms in total. The Morgan fingerprint density at radius 3 is 2.90 bits per heavy atom. The molecule has 100 valence electrons. The summed E-state index contributed by atoms with van der Waals surface area (Å²) in [5.41, 5.74) is 1.56. The van der Waals surface area contributed by atoms with E-state index in [-0.39, 0.29) is 5.91 Å². The SMILES string of the molecule is O=C(NCc1ccccn1)c1cc2nccc(Cl)c2s1. The van der Waals surface area contributed by atoms with Crippen molar-refractivity contribution in [3.05, 3.63) is 58.3 Å². The number of amides is 1. The van der Waals surface area contributed by atoms with E-state index >= 15 is 0 Å². The lowest BCUT2D eigenvalue weighted by Crippen LogP contribution is -2.22. The topological polar surface area (TPSA) is 54.9 Å². The smallest absolute Gasteiger partial charge is 0.261 e. The summed E-state index contributed by atoms with van der Waals surface area (Å²) in [6.07, 6.45) is 3.33. The first-order valence-corrected chi connectivity index (χ1v) is 7.15. The number of hydrogen-bond donors (Lipinski definition) is 1. The van der Waals surface area contributed by atoms with Crippen molar-refractivity contribution in [1.82, 2.24) is 15.3 Å². The van der Waals surface area contributed by atoms with E-state index in [1.165, 1.54) is 11.3 Å². The summed E-state index contributed by atoms with van der Waals surface area (Å²) in [5.74, 6) is -0.144. The summed E-state index contributed by atoms with van der Waals surface area (Å²) in [6.45, 7) is 0.398. The van der Waals surface area contributed by atoms with Gasteiger partial charge in [-0.15, -0.1) is 11.3 Å². The number of fused-ring (bicyclic) bond motifs is 1. The van der Waals surface area contributed by atoms with Crippen LogP contribution < -0.4 is 5.32 Å². The highest BCUT2D eigenvalue weighted by Crippen LogP contribution is 2.30. The van der Waals surface area contributed by atoms with Gasteiger partial charge in [-0.05, 0) is 24.3 Å². The highest BCUT2D eigenvalue weighted by atomic mass is 35.5. The Morgan fingerprint density at radius 2 is 2.15 bits per heavy atom. The largest absolute Gasteiger partial charge is 0.346 e. The molecule has 1 amide bonds. The fraction of sp³-hybridized carbons (Fsp3) is 0.0714. The molecule has 0 aliphatic carbocycles. The molecule has 0 radical (unpaired) electrons. The van der Waals surface area contributed by atoms with Crippen molar-refractivity contribution >= 4 is 39.1 Å². The van der Waals surface area contributed by atoms with Gasteiger partial charge in [-0.3, -0.25) is 14.8 Å². The quantitative estimate of drug-likeness (QED) is 0.808. The van der Waals surface area contributed by atoms with Crippen LogP contribution in [-0.4, -0.2) is 15.9 Å². The molecule has 0 aliphatic rings. The number of thiophene rings is 1. The molecule has 0 fully saturated rings. The molecule has 0 aromatic carbocycles.